The summed E-state index contributed by atoms with van der Waals surface area (Å²) in [5.74, 6) is 0.778. The zero-order valence-electron chi connectivity index (χ0n) is 17.6. The first-order valence-corrected chi connectivity index (χ1v) is 10.7. The van der Waals surface area contributed by atoms with Crippen LogP contribution in [0.4, 0.5) is 0 Å². The molecule has 0 saturated carbocycles. The van der Waals surface area contributed by atoms with Crippen molar-refractivity contribution in [3.8, 4) is 11.5 Å². The molecule has 0 spiro atoms. The summed E-state index contributed by atoms with van der Waals surface area (Å²) in [6.07, 6.45) is 1.82. The van der Waals surface area contributed by atoms with Gasteiger partial charge < -0.3 is 19.7 Å². The van der Waals surface area contributed by atoms with Crippen LogP contribution >= 0.6 is 0 Å². The third kappa shape index (κ3) is 4.22. The summed E-state index contributed by atoms with van der Waals surface area (Å²) < 4.78 is 10.6. The first-order valence-electron chi connectivity index (χ1n) is 10.7. The van der Waals surface area contributed by atoms with E-state index in [9.17, 15) is 9.59 Å². The van der Waals surface area contributed by atoms with Gasteiger partial charge in [0.05, 0.1) is 12.1 Å². The van der Waals surface area contributed by atoms with E-state index in [1.165, 1.54) is 5.56 Å². The maximum Gasteiger partial charge on any atom is 0.251 e. The summed E-state index contributed by atoms with van der Waals surface area (Å²) in [6.45, 7) is 3.77. The number of hydrogen-bond acceptors (Lipinski definition) is 6. The van der Waals surface area contributed by atoms with E-state index in [1.54, 1.807) is 23.1 Å². The summed E-state index contributed by atoms with van der Waals surface area (Å²) in [7, 11) is 0. The fourth-order valence-corrected chi connectivity index (χ4v) is 4.10. The molecule has 1 aromatic heterocycles. The summed E-state index contributed by atoms with van der Waals surface area (Å²) in [4.78, 5) is 33.7. The van der Waals surface area contributed by atoms with Crippen molar-refractivity contribution in [2.45, 2.75) is 6.54 Å². The molecule has 32 heavy (non-hydrogen) atoms. The minimum atomic E-state index is -0.307. The van der Waals surface area contributed by atoms with Crippen LogP contribution < -0.4 is 14.8 Å². The highest BCUT2D eigenvalue weighted by atomic mass is 16.7. The van der Waals surface area contributed by atoms with Gasteiger partial charge in [-0.3, -0.25) is 19.5 Å². The van der Waals surface area contributed by atoms with Crippen molar-refractivity contribution in [3.05, 3.63) is 65.9 Å². The van der Waals surface area contributed by atoms with E-state index < -0.39 is 0 Å². The third-order valence-electron chi connectivity index (χ3n) is 5.87. The van der Waals surface area contributed by atoms with Gasteiger partial charge >= 0.3 is 0 Å². The predicted octanol–water partition coefficient (Wildman–Crippen LogP) is 2.04. The lowest BCUT2D eigenvalue weighted by atomic mass is 10.1. The number of benzene rings is 2. The van der Waals surface area contributed by atoms with Gasteiger partial charge in [0.1, 0.15) is 0 Å². The molecule has 2 aliphatic rings. The lowest BCUT2D eigenvalue weighted by Crippen LogP contribution is -2.50. The van der Waals surface area contributed by atoms with Crippen LogP contribution in [0, 0.1) is 0 Å². The molecule has 2 aliphatic heterocycles. The van der Waals surface area contributed by atoms with Crippen molar-refractivity contribution in [2.24, 2.45) is 0 Å². The maximum atomic E-state index is 12.6. The lowest BCUT2D eigenvalue weighted by Gasteiger charge is -2.35. The molecule has 3 heterocycles. The summed E-state index contributed by atoms with van der Waals surface area (Å²) >= 11 is 0. The number of para-hydroxylation sites is 1. The second-order valence-corrected chi connectivity index (χ2v) is 7.90. The number of hydrogen-bond donors (Lipinski definition) is 1. The summed E-state index contributed by atoms with van der Waals surface area (Å²) in [5.41, 5.74) is 2.66. The molecule has 1 N–H and O–H groups in total. The summed E-state index contributed by atoms with van der Waals surface area (Å²) in [5, 5.41) is 3.85. The van der Waals surface area contributed by atoms with Gasteiger partial charge in [-0.15, -0.1) is 0 Å². The Morgan fingerprint density at radius 3 is 2.66 bits per heavy atom. The Balaban J connectivity index is 1.12. The fourth-order valence-electron chi connectivity index (χ4n) is 4.10. The van der Waals surface area contributed by atoms with Crippen molar-refractivity contribution in [1.29, 1.82) is 0 Å². The van der Waals surface area contributed by atoms with Gasteiger partial charge in [0.15, 0.2) is 11.5 Å². The van der Waals surface area contributed by atoms with Crippen LogP contribution in [0.2, 0.25) is 0 Å². The molecule has 0 unspecified atom stereocenters. The van der Waals surface area contributed by atoms with E-state index in [0.717, 1.165) is 30.5 Å². The number of amides is 2. The van der Waals surface area contributed by atoms with Crippen LogP contribution in [0.25, 0.3) is 10.9 Å². The van der Waals surface area contributed by atoms with Crippen LogP contribution in [0.3, 0.4) is 0 Å². The molecule has 0 atom stereocenters. The number of piperazine rings is 1. The smallest absolute Gasteiger partial charge is 0.251 e. The molecule has 8 nitrogen and oxygen atoms in total. The van der Waals surface area contributed by atoms with Crippen LogP contribution in [0.15, 0.2) is 54.7 Å². The van der Waals surface area contributed by atoms with Crippen LogP contribution in [0.5, 0.6) is 11.5 Å². The number of fused-ring (bicyclic) bond motifs is 2. The van der Waals surface area contributed by atoms with E-state index >= 15 is 0 Å². The van der Waals surface area contributed by atoms with Gasteiger partial charge in [0, 0.05) is 49.9 Å². The average Bonchev–Trinajstić information content (AvgIpc) is 3.31. The van der Waals surface area contributed by atoms with Gasteiger partial charge in [0.2, 0.25) is 12.7 Å². The Kier molecular flexibility index (Phi) is 5.60. The quantitative estimate of drug-likeness (QED) is 0.664. The molecule has 0 radical (unpaired) electrons. The van der Waals surface area contributed by atoms with Crippen molar-refractivity contribution >= 4 is 22.7 Å². The number of pyridine rings is 1. The third-order valence-corrected chi connectivity index (χ3v) is 5.87. The Hall–Kier alpha value is -3.65. The molecule has 8 heteroatoms. The van der Waals surface area contributed by atoms with Crippen molar-refractivity contribution in [1.82, 2.24) is 20.1 Å². The predicted molar refractivity (Wildman–Crippen MR) is 118 cm³/mol. The number of nitrogens with one attached hydrogen (secondary N) is 1. The summed E-state index contributed by atoms with van der Waals surface area (Å²) in [6, 6.07) is 15.2. The molecule has 0 bridgehead atoms. The Labute approximate surface area is 185 Å². The van der Waals surface area contributed by atoms with Crippen molar-refractivity contribution in [3.63, 3.8) is 0 Å². The number of carbonyl (C=O) groups is 2. The molecule has 0 aliphatic carbocycles. The van der Waals surface area contributed by atoms with Gasteiger partial charge in [-0.2, -0.15) is 0 Å². The molecule has 2 aromatic carbocycles. The van der Waals surface area contributed by atoms with Gasteiger partial charge in [0.25, 0.3) is 5.91 Å². The largest absolute Gasteiger partial charge is 0.454 e. The second-order valence-electron chi connectivity index (χ2n) is 7.90. The first kappa shape index (κ1) is 20.3. The fraction of sp³-hybridized carbons (Fsp3) is 0.292. The zero-order chi connectivity index (χ0) is 21.9. The zero-order valence-corrected chi connectivity index (χ0v) is 17.6. The van der Waals surface area contributed by atoms with E-state index in [-0.39, 0.29) is 25.2 Å². The molecular formula is C24H24N4O4. The molecule has 5 rings (SSSR count). The Morgan fingerprint density at radius 2 is 1.78 bits per heavy atom. The lowest BCUT2D eigenvalue weighted by molar-refractivity contribution is -0.131. The minimum Gasteiger partial charge on any atom is -0.454 e. The highest BCUT2D eigenvalue weighted by molar-refractivity contribution is 5.97. The molecule has 3 aromatic rings. The monoisotopic (exact) mass is 432 g/mol. The van der Waals surface area contributed by atoms with Crippen molar-refractivity contribution < 1.29 is 19.1 Å². The van der Waals surface area contributed by atoms with E-state index in [2.05, 4.69) is 39.5 Å². The first-order chi connectivity index (χ1) is 15.7. The number of nitrogens with zero attached hydrogens (tertiary/aromatic N) is 3. The van der Waals surface area contributed by atoms with E-state index in [0.29, 0.717) is 30.2 Å². The highest BCUT2D eigenvalue weighted by Crippen LogP contribution is 2.32. The van der Waals surface area contributed by atoms with E-state index in [1.807, 2.05) is 12.3 Å². The Morgan fingerprint density at radius 1 is 0.969 bits per heavy atom. The molecule has 2 amide bonds. The van der Waals surface area contributed by atoms with E-state index in [4.69, 9.17) is 9.47 Å². The van der Waals surface area contributed by atoms with Crippen LogP contribution in [0.1, 0.15) is 15.9 Å². The van der Waals surface area contributed by atoms with Crippen molar-refractivity contribution in [2.75, 3.05) is 39.5 Å². The minimum absolute atomic E-state index is 0.0273. The standard InChI is InChI=1S/C24H24N4O4/c29-22(14-26-24(30)18-6-7-20-21(13-18)32-16-31-20)28-11-9-27(10-12-28)15-19-4-1-3-17-5-2-8-25-23(17)19/h1-8,13H,9-12,14-16H2,(H,26,30). The Bertz CT molecular complexity index is 1150. The topological polar surface area (TPSA) is 84.0 Å². The highest BCUT2D eigenvalue weighted by Gasteiger charge is 2.22. The maximum absolute atomic E-state index is 12.6. The molecular weight excluding hydrogens is 408 g/mol. The van der Waals surface area contributed by atoms with Gasteiger partial charge in [-0.05, 0) is 29.8 Å². The molecule has 1 saturated heterocycles. The normalized spacial score (nSPS) is 15.7. The van der Waals surface area contributed by atoms with Crippen LogP contribution in [-0.2, 0) is 11.3 Å². The molecule has 164 valence electrons. The van der Waals surface area contributed by atoms with Crippen LogP contribution in [-0.4, -0.2) is 66.1 Å². The second kappa shape index (κ2) is 8.84. The number of rotatable bonds is 5. The molecule has 1 fully saturated rings. The number of ether oxygens (including phenoxy) is 2. The number of aromatic nitrogens is 1. The average molecular weight is 432 g/mol. The van der Waals surface area contributed by atoms with Gasteiger partial charge in [-0.1, -0.05) is 24.3 Å². The number of carbonyl (C=O) groups excluding carboxylic acids is 2. The SMILES string of the molecule is O=C(NCC(=O)N1CCN(Cc2cccc3cccnc23)CC1)c1ccc2c(c1)OCO2. The van der Waals surface area contributed by atoms with Gasteiger partial charge in [-0.25, -0.2) is 0 Å².